The standard InChI is InChI=1S/C18H19BF6N2O2/c1-15(2)16(3,4)29-19(28-15)13-10-27(26-14(13)18(23,24)25)9-11-5-7-12(8-6-11)17(20,21)22/h5-8,10H,9H2,1-4H3. The van der Waals surface area contributed by atoms with E-state index in [1.165, 1.54) is 12.1 Å². The van der Waals surface area contributed by atoms with Crippen molar-refractivity contribution in [3.8, 4) is 0 Å². The maximum Gasteiger partial charge on any atom is 0.498 e. The monoisotopic (exact) mass is 420 g/mol. The fourth-order valence-corrected chi connectivity index (χ4v) is 2.87. The molecule has 0 N–H and O–H groups in total. The lowest BCUT2D eigenvalue weighted by Crippen LogP contribution is -2.41. The molecule has 0 radical (unpaired) electrons. The van der Waals surface area contributed by atoms with Gasteiger partial charge in [0.1, 0.15) is 0 Å². The Balaban J connectivity index is 1.91. The average Bonchev–Trinajstić information content (AvgIpc) is 3.05. The highest BCUT2D eigenvalue weighted by Gasteiger charge is 2.54. The molecule has 0 bridgehead atoms. The van der Waals surface area contributed by atoms with Crippen molar-refractivity contribution in [1.29, 1.82) is 0 Å². The number of nitrogens with zero attached hydrogens (tertiary/aromatic N) is 2. The lowest BCUT2D eigenvalue weighted by atomic mass is 9.79. The van der Waals surface area contributed by atoms with Gasteiger partial charge in [0.15, 0.2) is 5.69 Å². The molecule has 0 spiro atoms. The van der Waals surface area contributed by atoms with Gasteiger partial charge >= 0.3 is 19.5 Å². The van der Waals surface area contributed by atoms with Crippen molar-refractivity contribution < 1.29 is 35.7 Å². The van der Waals surface area contributed by atoms with E-state index in [-0.39, 0.29) is 12.0 Å². The Labute approximate surface area is 163 Å². The minimum Gasteiger partial charge on any atom is -0.399 e. The molecule has 4 nitrogen and oxygen atoms in total. The van der Waals surface area contributed by atoms with Crippen LogP contribution in [0.1, 0.15) is 44.5 Å². The highest BCUT2D eigenvalue weighted by atomic mass is 19.4. The zero-order valence-electron chi connectivity index (χ0n) is 16.1. The molecule has 0 aliphatic carbocycles. The summed E-state index contributed by atoms with van der Waals surface area (Å²) >= 11 is 0. The Hall–Kier alpha value is -2.01. The van der Waals surface area contributed by atoms with Gasteiger partial charge in [-0.25, -0.2) is 0 Å². The number of halogens is 6. The van der Waals surface area contributed by atoms with Crippen molar-refractivity contribution in [2.75, 3.05) is 0 Å². The molecular weight excluding hydrogens is 401 g/mol. The summed E-state index contributed by atoms with van der Waals surface area (Å²) in [6, 6.07) is 4.15. The highest BCUT2D eigenvalue weighted by molar-refractivity contribution is 6.62. The van der Waals surface area contributed by atoms with Crippen molar-refractivity contribution in [3.05, 3.63) is 47.3 Å². The summed E-state index contributed by atoms with van der Waals surface area (Å²) in [6.07, 6.45) is -8.08. The van der Waals surface area contributed by atoms with Crippen molar-refractivity contribution in [2.45, 2.75) is 57.8 Å². The van der Waals surface area contributed by atoms with Crippen molar-refractivity contribution >= 4 is 12.6 Å². The fraction of sp³-hybridized carbons (Fsp3) is 0.500. The van der Waals surface area contributed by atoms with Crippen LogP contribution in [0.2, 0.25) is 0 Å². The lowest BCUT2D eigenvalue weighted by molar-refractivity contribution is -0.141. The van der Waals surface area contributed by atoms with Gasteiger partial charge < -0.3 is 9.31 Å². The fourth-order valence-electron chi connectivity index (χ4n) is 2.87. The lowest BCUT2D eigenvalue weighted by Gasteiger charge is -2.32. The van der Waals surface area contributed by atoms with E-state index in [9.17, 15) is 26.3 Å². The van der Waals surface area contributed by atoms with Crippen LogP contribution in [0, 0.1) is 0 Å². The predicted octanol–water partition coefficient (Wildman–Crippen LogP) is 4.27. The van der Waals surface area contributed by atoms with Gasteiger partial charge in [-0.05, 0) is 45.4 Å². The molecule has 3 rings (SSSR count). The van der Waals surface area contributed by atoms with Crippen LogP contribution in [0.25, 0.3) is 0 Å². The first-order chi connectivity index (χ1) is 13.1. The van der Waals surface area contributed by atoms with E-state index in [0.29, 0.717) is 5.56 Å². The van der Waals surface area contributed by atoms with Gasteiger partial charge in [-0.1, -0.05) is 12.1 Å². The predicted molar refractivity (Wildman–Crippen MR) is 93.5 cm³/mol. The molecule has 0 amide bonds. The van der Waals surface area contributed by atoms with Crippen LogP contribution in [-0.4, -0.2) is 28.1 Å². The Bertz CT molecular complexity index is 871. The third-order valence-corrected chi connectivity index (χ3v) is 5.19. The number of hydrogen-bond donors (Lipinski definition) is 0. The molecule has 2 heterocycles. The molecule has 1 fully saturated rings. The summed E-state index contributed by atoms with van der Waals surface area (Å²) in [5.74, 6) is 0. The zero-order chi connectivity index (χ0) is 21.8. The first-order valence-electron chi connectivity index (χ1n) is 8.76. The second kappa shape index (κ2) is 6.77. The van der Waals surface area contributed by atoms with Crippen LogP contribution in [0.3, 0.4) is 0 Å². The van der Waals surface area contributed by atoms with Crippen LogP contribution in [-0.2, 0) is 28.2 Å². The van der Waals surface area contributed by atoms with Gasteiger partial charge in [0.25, 0.3) is 0 Å². The molecule has 2 aromatic rings. The van der Waals surface area contributed by atoms with Gasteiger partial charge in [-0.2, -0.15) is 31.4 Å². The van der Waals surface area contributed by atoms with E-state index in [1.807, 2.05) is 0 Å². The molecule has 1 aliphatic heterocycles. The molecule has 0 unspecified atom stereocenters. The van der Waals surface area contributed by atoms with Crippen LogP contribution in [0.5, 0.6) is 0 Å². The van der Waals surface area contributed by atoms with E-state index in [4.69, 9.17) is 9.31 Å². The van der Waals surface area contributed by atoms with Crippen LogP contribution in [0.15, 0.2) is 30.5 Å². The van der Waals surface area contributed by atoms with Crippen molar-refractivity contribution in [2.24, 2.45) is 0 Å². The number of benzene rings is 1. The number of alkyl halides is 6. The smallest absolute Gasteiger partial charge is 0.399 e. The van der Waals surface area contributed by atoms with Gasteiger partial charge in [0.2, 0.25) is 0 Å². The van der Waals surface area contributed by atoms with Gasteiger partial charge in [-0.3, -0.25) is 4.68 Å². The normalized spacial score (nSPS) is 19.0. The molecule has 29 heavy (non-hydrogen) atoms. The highest BCUT2D eigenvalue weighted by Crippen LogP contribution is 2.38. The number of aromatic nitrogens is 2. The first-order valence-corrected chi connectivity index (χ1v) is 8.76. The van der Waals surface area contributed by atoms with E-state index >= 15 is 0 Å². The van der Waals surface area contributed by atoms with Crippen LogP contribution in [0.4, 0.5) is 26.3 Å². The van der Waals surface area contributed by atoms with E-state index in [1.54, 1.807) is 27.7 Å². The molecule has 158 valence electrons. The van der Waals surface area contributed by atoms with Crippen molar-refractivity contribution in [3.63, 3.8) is 0 Å². The Morgan fingerprint density at radius 2 is 1.41 bits per heavy atom. The van der Waals surface area contributed by atoms with E-state index in [0.717, 1.165) is 23.0 Å². The number of rotatable bonds is 3. The van der Waals surface area contributed by atoms with Gasteiger partial charge in [0, 0.05) is 11.7 Å². The minimum absolute atomic E-state index is 0.138. The third kappa shape index (κ3) is 4.30. The second-order valence-electron chi connectivity index (χ2n) is 7.91. The molecule has 1 aliphatic rings. The van der Waals surface area contributed by atoms with Crippen LogP contribution < -0.4 is 5.46 Å². The quantitative estimate of drug-likeness (QED) is 0.550. The molecule has 0 saturated carbocycles. The third-order valence-electron chi connectivity index (χ3n) is 5.19. The molecule has 1 aromatic heterocycles. The summed E-state index contributed by atoms with van der Waals surface area (Å²) in [4.78, 5) is 0. The SMILES string of the molecule is CC1(C)OB(c2cn(Cc3ccc(C(F)(F)F)cc3)nc2C(F)(F)F)OC1(C)C. The Kier molecular flexibility index (Phi) is 5.06. The van der Waals surface area contributed by atoms with Crippen molar-refractivity contribution in [1.82, 2.24) is 9.78 Å². The topological polar surface area (TPSA) is 36.3 Å². The summed E-state index contributed by atoms with van der Waals surface area (Å²) in [6.45, 7) is 6.72. The molecule has 1 aromatic carbocycles. The summed E-state index contributed by atoms with van der Waals surface area (Å²) in [5, 5.41) is 3.60. The molecule has 1 saturated heterocycles. The largest absolute Gasteiger partial charge is 0.498 e. The van der Waals surface area contributed by atoms with Gasteiger partial charge in [-0.15, -0.1) is 0 Å². The maximum absolute atomic E-state index is 13.5. The van der Waals surface area contributed by atoms with E-state index < -0.39 is 41.9 Å². The maximum atomic E-state index is 13.5. The van der Waals surface area contributed by atoms with E-state index in [2.05, 4.69) is 5.10 Å². The van der Waals surface area contributed by atoms with Crippen LogP contribution >= 0.6 is 0 Å². The second-order valence-corrected chi connectivity index (χ2v) is 7.91. The number of hydrogen-bond acceptors (Lipinski definition) is 3. The zero-order valence-corrected chi connectivity index (χ0v) is 16.1. The summed E-state index contributed by atoms with van der Waals surface area (Å²) < 4.78 is 90.9. The Morgan fingerprint density at radius 3 is 1.86 bits per heavy atom. The summed E-state index contributed by atoms with van der Waals surface area (Å²) in [5.41, 5.74) is -3.57. The molecule has 11 heteroatoms. The average molecular weight is 420 g/mol. The Morgan fingerprint density at radius 1 is 0.897 bits per heavy atom. The molecule has 0 atom stereocenters. The molecular formula is C18H19BF6N2O2. The first kappa shape index (κ1) is 21.7. The summed E-state index contributed by atoms with van der Waals surface area (Å²) in [7, 11) is -1.27. The minimum atomic E-state index is -4.75. The van der Waals surface area contributed by atoms with Gasteiger partial charge in [0.05, 0.1) is 23.3 Å².